The molecule has 0 spiro atoms. The fourth-order valence-corrected chi connectivity index (χ4v) is 2.33. The summed E-state index contributed by atoms with van der Waals surface area (Å²) < 4.78 is 0. The quantitative estimate of drug-likeness (QED) is 0.461. The molecule has 2 N–H and O–H groups in total. The summed E-state index contributed by atoms with van der Waals surface area (Å²) in [6, 6.07) is 13.8. The molecule has 1 aromatic heterocycles. The van der Waals surface area contributed by atoms with Crippen molar-refractivity contribution in [2.24, 2.45) is 4.99 Å². The third kappa shape index (κ3) is 5.73. The molecule has 0 saturated carbocycles. The minimum atomic E-state index is 0. The van der Waals surface area contributed by atoms with Crippen LogP contribution in [0, 0.1) is 11.3 Å². The van der Waals surface area contributed by atoms with Crippen molar-refractivity contribution >= 4 is 41.3 Å². The van der Waals surface area contributed by atoms with Crippen LogP contribution in [0.4, 0.5) is 0 Å². The van der Waals surface area contributed by atoms with Crippen LogP contribution in [0.3, 0.4) is 0 Å². The summed E-state index contributed by atoms with van der Waals surface area (Å²) in [6.07, 6.45) is 0. The summed E-state index contributed by atoms with van der Waals surface area (Å²) in [5.74, 6) is 0.766. The van der Waals surface area contributed by atoms with Gasteiger partial charge in [0.15, 0.2) is 5.96 Å². The number of rotatable bonds is 4. The first-order chi connectivity index (χ1) is 9.81. The van der Waals surface area contributed by atoms with Crippen LogP contribution < -0.4 is 10.6 Å². The van der Waals surface area contributed by atoms with Crippen LogP contribution in [0.15, 0.2) is 46.8 Å². The molecular weight excluding hydrogens is 395 g/mol. The Kier molecular flexibility index (Phi) is 7.79. The van der Waals surface area contributed by atoms with Gasteiger partial charge in [-0.15, -0.1) is 35.3 Å². The number of nitrogens with zero attached hydrogens (tertiary/aromatic N) is 2. The number of halogens is 1. The first kappa shape index (κ1) is 17.5. The van der Waals surface area contributed by atoms with E-state index >= 15 is 0 Å². The summed E-state index contributed by atoms with van der Waals surface area (Å²) >= 11 is 1.72. The Hall–Kier alpha value is -1.59. The Morgan fingerprint density at radius 3 is 2.48 bits per heavy atom. The molecule has 0 aliphatic heterocycles. The monoisotopic (exact) mass is 412 g/mol. The molecule has 6 heteroatoms. The van der Waals surface area contributed by atoms with Gasteiger partial charge in [0.25, 0.3) is 0 Å². The van der Waals surface area contributed by atoms with Gasteiger partial charge in [-0.3, -0.25) is 4.99 Å². The standard InChI is InChI=1S/C15H16N4S.HI/c1-17-15(19-11-14-3-2-8-20-14)18-10-13-6-4-12(9-16)5-7-13;/h2-8H,10-11H2,1H3,(H2,17,18,19);1H. The van der Waals surface area contributed by atoms with E-state index < -0.39 is 0 Å². The summed E-state index contributed by atoms with van der Waals surface area (Å²) in [7, 11) is 1.75. The Morgan fingerprint density at radius 2 is 1.90 bits per heavy atom. The number of nitrogens with one attached hydrogen (secondary N) is 2. The number of hydrogen-bond donors (Lipinski definition) is 2. The Balaban J connectivity index is 0.00000220. The molecule has 21 heavy (non-hydrogen) atoms. The van der Waals surface area contributed by atoms with Gasteiger partial charge < -0.3 is 10.6 Å². The molecule has 0 radical (unpaired) electrons. The number of benzene rings is 1. The molecule has 4 nitrogen and oxygen atoms in total. The second-order valence-corrected chi connectivity index (χ2v) is 5.20. The number of aliphatic imine (C=N–C) groups is 1. The topological polar surface area (TPSA) is 60.2 Å². The van der Waals surface area contributed by atoms with E-state index in [2.05, 4.69) is 33.1 Å². The van der Waals surface area contributed by atoms with Gasteiger partial charge in [0.2, 0.25) is 0 Å². The van der Waals surface area contributed by atoms with E-state index in [4.69, 9.17) is 5.26 Å². The van der Waals surface area contributed by atoms with Gasteiger partial charge in [-0.05, 0) is 29.1 Å². The third-order valence-corrected chi connectivity index (χ3v) is 3.65. The second-order valence-electron chi connectivity index (χ2n) is 4.17. The largest absolute Gasteiger partial charge is 0.352 e. The highest BCUT2D eigenvalue weighted by Gasteiger charge is 1.99. The first-order valence-electron chi connectivity index (χ1n) is 6.28. The van der Waals surface area contributed by atoms with Gasteiger partial charge in [-0.1, -0.05) is 18.2 Å². The number of nitriles is 1. The molecular formula is C15H17IN4S. The van der Waals surface area contributed by atoms with E-state index in [1.54, 1.807) is 18.4 Å². The number of thiophene rings is 1. The molecule has 2 rings (SSSR count). The van der Waals surface area contributed by atoms with Gasteiger partial charge in [-0.25, -0.2) is 0 Å². The number of hydrogen-bond acceptors (Lipinski definition) is 3. The van der Waals surface area contributed by atoms with Gasteiger partial charge in [-0.2, -0.15) is 5.26 Å². The zero-order valence-corrected chi connectivity index (χ0v) is 14.8. The summed E-state index contributed by atoms with van der Waals surface area (Å²) in [5, 5.41) is 17.3. The third-order valence-electron chi connectivity index (χ3n) is 2.78. The van der Waals surface area contributed by atoms with Crippen molar-refractivity contribution in [3.8, 4) is 6.07 Å². The molecule has 1 heterocycles. The molecule has 0 amide bonds. The van der Waals surface area contributed by atoms with Crippen LogP contribution in [0.25, 0.3) is 0 Å². The van der Waals surface area contributed by atoms with Crippen LogP contribution in [0.1, 0.15) is 16.0 Å². The van der Waals surface area contributed by atoms with E-state index in [0.29, 0.717) is 12.1 Å². The Bertz CT molecular complexity index is 600. The highest BCUT2D eigenvalue weighted by molar-refractivity contribution is 14.0. The lowest BCUT2D eigenvalue weighted by molar-refractivity contribution is 0.815. The fraction of sp³-hybridized carbons (Fsp3) is 0.200. The molecule has 110 valence electrons. The van der Waals surface area contributed by atoms with Crippen molar-refractivity contribution < 1.29 is 0 Å². The second kappa shape index (κ2) is 9.37. The van der Waals surface area contributed by atoms with Gasteiger partial charge in [0.05, 0.1) is 18.2 Å². The summed E-state index contributed by atoms with van der Waals surface area (Å²) in [6.45, 7) is 1.44. The van der Waals surface area contributed by atoms with Crippen molar-refractivity contribution in [3.05, 3.63) is 57.8 Å². The molecule has 2 aromatic rings. The molecule has 0 aliphatic carbocycles. The average Bonchev–Trinajstić information content (AvgIpc) is 3.01. The minimum absolute atomic E-state index is 0. The van der Waals surface area contributed by atoms with Crippen LogP contribution in [-0.2, 0) is 13.1 Å². The maximum absolute atomic E-state index is 8.75. The lowest BCUT2D eigenvalue weighted by atomic mass is 10.1. The van der Waals surface area contributed by atoms with E-state index in [1.807, 2.05) is 30.3 Å². The molecule has 0 saturated heterocycles. The van der Waals surface area contributed by atoms with Crippen molar-refractivity contribution in [2.45, 2.75) is 13.1 Å². The lowest BCUT2D eigenvalue weighted by Gasteiger charge is -2.11. The van der Waals surface area contributed by atoms with E-state index in [0.717, 1.165) is 18.1 Å². The van der Waals surface area contributed by atoms with E-state index in [-0.39, 0.29) is 24.0 Å². The van der Waals surface area contributed by atoms with Gasteiger partial charge >= 0.3 is 0 Å². The highest BCUT2D eigenvalue weighted by Crippen LogP contribution is 2.07. The first-order valence-corrected chi connectivity index (χ1v) is 7.15. The smallest absolute Gasteiger partial charge is 0.191 e. The molecule has 0 unspecified atom stereocenters. The van der Waals surface area contributed by atoms with Gasteiger partial charge in [0.1, 0.15) is 0 Å². The maximum Gasteiger partial charge on any atom is 0.191 e. The molecule has 0 aliphatic rings. The van der Waals surface area contributed by atoms with E-state index in [1.165, 1.54) is 4.88 Å². The van der Waals surface area contributed by atoms with Crippen molar-refractivity contribution in [2.75, 3.05) is 7.05 Å². The van der Waals surface area contributed by atoms with Crippen LogP contribution in [-0.4, -0.2) is 13.0 Å². The predicted molar refractivity (Wildman–Crippen MR) is 97.9 cm³/mol. The molecule has 0 bridgehead atoms. The van der Waals surface area contributed by atoms with Crippen molar-refractivity contribution in [1.82, 2.24) is 10.6 Å². The van der Waals surface area contributed by atoms with Crippen molar-refractivity contribution in [1.29, 1.82) is 5.26 Å². The predicted octanol–water partition coefficient (Wildman–Crippen LogP) is 3.10. The zero-order valence-electron chi connectivity index (χ0n) is 11.7. The molecule has 0 fully saturated rings. The summed E-state index contributed by atoms with van der Waals surface area (Å²) in [4.78, 5) is 5.45. The highest BCUT2D eigenvalue weighted by atomic mass is 127. The average molecular weight is 412 g/mol. The molecule has 0 atom stereocenters. The fourth-order valence-electron chi connectivity index (χ4n) is 1.69. The summed E-state index contributed by atoms with van der Waals surface area (Å²) in [5.41, 5.74) is 1.79. The molecule has 1 aromatic carbocycles. The van der Waals surface area contributed by atoms with Crippen LogP contribution in [0.2, 0.25) is 0 Å². The zero-order chi connectivity index (χ0) is 14.2. The number of guanidine groups is 1. The SMILES string of the molecule is CN=C(NCc1ccc(C#N)cc1)NCc1cccs1.I. The van der Waals surface area contributed by atoms with Crippen molar-refractivity contribution in [3.63, 3.8) is 0 Å². The van der Waals surface area contributed by atoms with Crippen LogP contribution in [0.5, 0.6) is 0 Å². The Labute approximate surface area is 145 Å². The maximum atomic E-state index is 8.75. The van der Waals surface area contributed by atoms with Crippen LogP contribution >= 0.6 is 35.3 Å². The van der Waals surface area contributed by atoms with Gasteiger partial charge in [0, 0.05) is 18.5 Å². The lowest BCUT2D eigenvalue weighted by Crippen LogP contribution is -2.36. The minimum Gasteiger partial charge on any atom is -0.352 e. The Morgan fingerprint density at radius 1 is 1.19 bits per heavy atom. The normalized spacial score (nSPS) is 10.4. The van der Waals surface area contributed by atoms with E-state index in [9.17, 15) is 0 Å².